The number of hydrogen-bond donors (Lipinski definition) is 3. The third-order valence-corrected chi connectivity index (χ3v) is 8.54. The third kappa shape index (κ3) is 7.14. The lowest BCUT2D eigenvalue weighted by atomic mass is 9.98. The summed E-state index contributed by atoms with van der Waals surface area (Å²) in [5, 5.41) is 5.62. The number of nitrogens with zero attached hydrogens (tertiary/aromatic N) is 3. The van der Waals surface area contributed by atoms with E-state index in [1.54, 1.807) is 4.90 Å². The van der Waals surface area contributed by atoms with Crippen LogP contribution in [-0.2, 0) is 42.2 Å². The number of rotatable bonds is 10. The van der Waals surface area contributed by atoms with Crippen LogP contribution < -0.4 is 16.4 Å². The lowest BCUT2D eigenvalue weighted by Crippen LogP contribution is -2.52. The zero-order valence-electron chi connectivity index (χ0n) is 23.8. The highest BCUT2D eigenvalue weighted by molar-refractivity contribution is 5.88. The van der Waals surface area contributed by atoms with Crippen LogP contribution in [0.3, 0.4) is 0 Å². The first kappa shape index (κ1) is 28.4. The normalized spacial score (nSPS) is 16.8. The van der Waals surface area contributed by atoms with Crippen LogP contribution in [0, 0.1) is 12.8 Å². The van der Waals surface area contributed by atoms with E-state index in [1.807, 2.05) is 42.7 Å². The van der Waals surface area contributed by atoms with Crippen LogP contribution in [0.1, 0.15) is 72.2 Å². The minimum atomic E-state index is -0.598. The van der Waals surface area contributed by atoms with Gasteiger partial charge in [0.1, 0.15) is 6.04 Å². The molecule has 1 aliphatic heterocycles. The number of carbonyl (C=O) groups excluding carboxylic acids is 3. The average Bonchev–Trinajstić information content (AvgIpc) is 3.64. The second-order valence-corrected chi connectivity index (χ2v) is 11.4. The van der Waals surface area contributed by atoms with Crippen molar-refractivity contribution in [1.82, 2.24) is 25.1 Å². The zero-order valence-corrected chi connectivity index (χ0v) is 23.8. The molecular formula is C32H40N6O3. The highest BCUT2D eigenvalue weighted by atomic mass is 16.2. The molecule has 9 nitrogen and oxygen atoms in total. The second-order valence-electron chi connectivity index (χ2n) is 11.4. The number of amides is 4. The molecule has 4 amide bonds. The molecule has 1 atom stereocenters. The molecule has 9 heteroatoms. The molecule has 4 N–H and O–H groups in total. The Balaban J connectivity index is 1.29. The SMILES string of the molecule is Cc1ccccc1Cn1cnc2c1CN(C(=O)CCC1CCCC1)C(C(=O)NCc1ccc(CNC(N)=O)cc1)C2. The lowest BCUT2D eigenvalue weighted by Gasteiger charge is -2.35. The predicted octanol–water partition coefficient (Wildman–Crippen LogP) is 3.95. The van der Waals surface area contributed by atoms with Crippen LogP contribution in [0.4, 0.5) is 4.79 Å². The van der Waals surface area contributed by atoms with E-state index < -0.39 is 12.1 Å². The van der Waals surface area contributed by atoms with E-state index in [1.165, 1.54) is 36.8 Å². The van der Waals surface area contributed by atoms with Crippen LogP contribution >= 0.6 is 0 Å². The van der Waals surface area contributed by atoms with Gasteiger partial charge in [-0.05, 0) is 41.5 Å². The van der Waals surface area contributed by atoms with E-state index in [-0.39, 0.29) is 11.8 Å². The van der Waals surface area contributed by atoms with Crippen LogP contribution in [0.5, 0.6) is 0 Å². The maximum absolute atomic E-state index is 13.6. The van der Waals surface area contributed by atoms with Gasteiger partial charge in [0.2, 0.25) is 11.8 Å². The molecule has 2 aliphatic rings. The number of imidazole rings is 1. The number of nitrogens with two attached hydrogens (primary N) is 1. The fourth-order valence-electron chi connectivity index (χ4n) is 6.01. The van der Waals surface area contributed by atoms with E-state index in [2.05, 4.69) is 39.2 Å². The van der Waals surface area contributed by atoms with Crippen molar-refractivity contribution in [2.24, 2.45) is 11.7 Å². The number of nitrogens with one attached hydrogen (secondary N) is 2. The fraction of sp³-hybridized carbons (Fsp3) is 0.438. The third-order valence-electron chi connectivity index (χ3n) is 8.54. The largest absolute Gasteiger partial charge is 0.352 e. The zero-order chi connectivity index (χ0) is 28.8. The van der Waals surface area contributed by atoms with Gasteiger partial charge in [-0.1, -0.05) is 74.2 Å². The predicted molar refractivity (Wildman–Crippen MR) is 156 cm³/mol. The summed E-state index contributed by atoms with van der Waals surface area (Å²) >= 11 is 0. The topological polar surface area (TPSA) is 122 Å². The molecule has 1 aliphatic carbocycles. The first-order valence-electron chi connectivity index (χ1n) is 14.6. The van der Waals surface area contributed by atoms with Gasteiger partial charge in [-0.3, -0.25) is 9.59 Å². The number of benzene rings is 2. The monoisotopic (exact) mass is 556 g/mol. The first-order valence-corrected chi connectivity index (χ1v) is 14.6. The van der Waals surface area contributed by atoms with Crippen molar-refractivity contribution in [2.75, 3.05) is 0 Å². The quantitative estimate of drug-likeness (QED) is 0.350. The Morgan fingerprint density at radius 2 is 1.66 bits per heavy atom. The van der Waals surface area contributed by atoms with Gasteiger partial charge in [-0.25, -0.2) is 9.78 Å². The van der Waals surface area contributed by atoms with Crippen molar-refractivity contribution in [2.45, 2.75) is 84.1 Å². The first-order chi connectivity index (χ1) is 19.9. The summed E-state index contributed by atoms with van der Waals surface area (Å²) in [7, 11) is 0. The summed E-state index contributed by atoms with van der Waals surface area (Å²) in [6, 6.07) is 14.7. The number of aryl methyl sites for hydroxylation is 1. The highest BCUT2D eigenvalue weighted by Gasteiger charge is 2.37. The Hall–Kier alpha value is -4.14. The number of aromatic nitrogens is 2. The fourth-order valence-corrected chi connectivity index (χ4v) is 6.01. The van der Waals surface area contributed by atoms with Gasteiger partial charge in [0.05, 0.1) is 24.3 Å². The van der Waals surface area contributed by atoms with Crippen molar-refractivity contribution < 1.29 is 14.4 Å². The molecular weight excluding hydrogens is 516 g/mol. The summed E-state index contributed by atoms with van der Waals surface area (Å²) in [4.78, 5) is 44.6. The molecule has 41 heavy (non-hydrogen) atoms. The standard InChI is InChI=1S/C32H40N6O3/c1-22-6-2-5-9-26(22)19-37-21-36-27-16-28(38(20-29(27)37)30(39)15-14-23-7-3-4-8-23)31(40)34-17-24-10-12-25(13-11-24)18-35-32(33)41/h2,5-6,9-13,21,23,28H,3-4,7-8,14-20H2,1H3,(H,34,40)(H3,33,35,41). The molecule has 3 aromatic rings. The molecule has 0 radical (unpaired) electrons. The molecule has 5 rings (SSSR count). The maximum atomic E-state index is 13.6. The minimum absolute atomic E-state index is 0.0395. The van der Waals surface area contributed by atoms with Gasteiger partial charge in [0.25, 0.3) is 0 Å². The van der Waals surface area contributed by atoms with E-state index in [0.29, 0.717) is 44.9 Å². The van der Waals surface area contributed by atoms with Gasteiger partial charge in [0.15, 0.2) is 0 Å². The van der Waals surface area contributed by atoms with Crippen molar-refractivity contribution in [3.8, 4) is 0 Å². The smallest absolute Gasteiger partial charge is 0.312 e. The van der Waals surface area contributed by atoms with Gasteiger partial charge in [0, 0.05) is 32.5 Å². The molecule has 216 valence electrons. The summed E-state index contributed by atoms with van der Waals surface area (Å²) in [5.41, 5.74) is 11.3. The molecule has 1 aromatic heterocycles. The molecule has 0 saturated heterocycles. The Labute approximate surface area is 241 Å². The highest BCUT2D eigenvalue weighted by Crippen LogP contribution is 2.30. The number of carbonyl (C=O) groups is 3. The molecule has 0 bridgehead atoms. The van der Waals surface area contributed by atoms with Crippen molar-refractivity contribution in [3.05, 3.63) is 88.5 Å². The van der Waals surface area contributed by atoms with Crippen molar-refractivity contribution in [1.29, 1.82) is 0 Å². The Morgan fingerprint density at radius 3 is 2.34 bits per heavy atom. The number of urea groups is 1. The van der Waals surface area contributed by atoms with E-state index in [9.17, 15) is 14.4 Å². The van der Waals surface area contributed by atoms with Crippen LogP contribution in [0.15, 0.2) is 54.9 Å². The molecule has 2 heterocycles. The molecule has 0 spiro atoms. The molecule has 1 unspecified atom stereocenters. The number of primary amides is 1. The summed E-state index contributed by atoms with van der Waals surface area (Å²) in [5.74, 6) is 0.481. The Kier molecular flexibility index (Phi) is 9.01. The average molecular weight is 557 g/mol. The van der Waals surface area contributed by atoms with E-state index in [4.69, 9.17) is 5.73 Å². The van der Waals surface area contributed by atoms with Crippen molar-refractivity contribution >= 4 is 17.8 Å². The summed E-state index contributed by atoms with van der Waals surface area (Å²) in [6.07, 6.45) is 8.48. The maximum Gasteiger partial charge on any atom is 0.312 e. The van der Waals surface area contributed by atoms with Crippen LogP contribution in [0.2, 0.25) is 0 Å². The Bertz CT molecular complexity index is 1380. The lowest BCUT2D eigenvalue weighted by molar-refractivity contribution is -0.142. The van der Waals surface area contributed by atoms with Crippen molar-refractivity contribution in [3.63, 3.8) is 0 Å². The van der Waals surface area contributed by atoms with Gasteiger partial charge in [-0.15, -0.1) is 0 Å². The number of fused-ring (bicyclic) bond motifs is 1. The van der Waals surface area contributed by atoms with Gasteiger partial charge in [-0.2, -0.15) is 0 Å². The Morgan fingerprint density at radius 1 is 0.976 bits per heavy atom. The van der Waals surface area contributed by atoms with E-state index in [0.717, 1.165) is 28.9 Å². The molecule has 2 aromatic carbocycles. The number of hydrogen-bond acceptors (Lipinski definition) is 4. The van der Waals surface area contributed by atoms with Gasteiger partial charge < -0.3 is 25.8 Å². The van der Waals surface area contributed by atoms with Gasteiger partial charge >= 0.3 is 6.03 Å². The van der Waals surface area contributed by atoms with Crippen LogP contribution in [0.25, 0.3) is 0 Å². The van der Waals surface area contributed by atoms with Crippen LogP contribution in [-0.4, -0.2) is 38.3 Å². The molecule has 1 saturated carbocycles. The molecule has 1 fully saturated rings. The van der Waals surface area contributed by atoms with E-state index >= 15 is 0 Å². The second kappa shape index (κ2) is 13.0. The minimum Gasteiger partial charge on any atom is -0.352 e. The summed E-state index contributed by atoms with van der Waals surface area (Å²) < 4.78 is 2.12. The summed E-state index contributed by atoms with van der Waals surface area (Å²) in [6.45, 7) is 3.85.